The molecule has 0 spiro atoms. The molecule has 0 aromatic carbocycles. The Morgan fingerprint density at radius 2 is 2.05 bits per heavy atom. The van der Waals surface area contributed by atoms with Crippen LogP contribution in [-0.4, -0.2) is 15.1 Å². The second-order valence-electron chi connectivity index (χ2n) is 5.48. The molecule has 2 aromatic rings. The van der Waals surface area contributed by atoms with Crippen LogP contribution in [0.3, 0.4) is 0 Å². The Morgan fingerprint density at radius 3 is 2.63 bits per heavy atom. The van der Waals surface area contributed by atoms with Gasteiger partial charge in [0, 0.05) is 11.6 Å². The van der Waals surface area contributed by atoms with E-state index in [0.29, 0.717) is 11.8 Å². The van der Waals surface area contributed by atoms with Crippen molar-refractivity contribution in [1.82, 2.24) is 15.1 Å². The number of rotatable bonds is 3. The molecule has 0 aliphatic carbocycles. The molecule has 0 bridgehead atoms. The van der Waals surface area contributed by atoms with Crippen LogP contribution >= 0.6 is 0 Å². The minimum atomic E-state index is -0.366. The Hall–Kier alpha value is -1.98. The fraction of sp³-hybridized carbons (Fsp3) is 0.462. The predicted octanol–water partition coefficient (Wildman–Crippen LogP) is 3.07. The smallest absolute Gasteiger partial charge is 0.263 e. The number of anilines is 1. The van der Waals surface area contributed by atoms with Crippen molar-refractivity contribution in [3.8, 4) is 0 Å². The van der Waals surface area contributed by atoms with Gasteiger partial charge in [-0.3, -0.25) is 4.98 Å². The number of halogens is 1. The number of nitrogens with zero attached hydrogens (tertiary/aromatic N) is 3. The van der Waals surface area contributed by atoms with Crippen LogP contribution in [0, 0.1) is 5.82 Å². The second kappa shape index (κ2) is 4.95. The van der Waals surface area contributed by atoms with Gasteiger partial charge in [0.15, 0.2) is 0 Å². The molecule has 0 aliphatic heterocycles. The average molecular weight is 264 g/mol. The Labute approximate surface area is 111 Å². The highest BCUT2D eigenvalue weighted by molar-refractivity contribution is 5.29. The van der Waals surface area contributed by atoms with Gasteiger partial charge in [-0.1, -0.05) is 20.8 Å². The molecule has 0 saturated heterocycles. The van der Waals surface area contributed by atoms with E-state index >= 15 is 0 Å². The van der Waals surface area contributed by atoms with E-state index < -0.39 is 0 Å². The van der Waals surface area contributed by atoms with Crippen molar-refractivity contribution in [2.75, 3.05) is 5.32 Å². The molecule has 2 aromatic heterocycles. The Bertz CT molecular complexity index is 562. The van der Waals surface area contributed by atoms with Crippen molar-refractivity contribution >= 4 is 5.95 Å². The summed E-state index contributed by atoms with van der Waals surface area (Å²) < 4.78 is 18.3. The third-order valence-corrected chi connectivity index (χ3v) is 2.64. The maximum atomic E-state index is 13.1. The van der Waals surface area contributed by atoms with Gasteiger partial charge in [0.1, 0.15) is 5.82 Å². The molecule has 0 saturated carbocycles. The SMILES string of the molecule is CC(Nc1noc(C(C)(C)C)n1)c1cncc(F)c1. The lowest BCUT2D eigenvalue weighted by Crippen LogP contribution is -2.12. The quantitative estimate of drug-likeness (QED) is 0.923. The normalized spacial score (nSPS) is 13.3. The first-order chi connectivity index (χ1) is 8.86. The van der Waals surface area contributed by atoms with Gasteiger partial charge in [-0.05, 0) is 23.7 Å². The zero-order valence-electron chi connectivity index (χ0n) is 11.4. The number of pyridine rings is 1. The molecule has 1 N–H and O–H groups in total. The Balaban J connectivity index is 2.11. The zero-order valence-corrected chi connectivity index (χ0v) is 11.4. The van der Waals surface area contributed by atoms with Crippen LogP contribution in [0.4, 0.5) is 10.3 Å². The number of nitrogens with one attached hydrogen (secondary N) is 1. The fourth-order valence-corrected chi connectivity index (χ4v) is 1.53. The van der Waals surface area contributed by atoms with Crippen LogP contribution in [0.1, 0.15) is 45.2 Å². The molecule has 19 heavy (non-hydrogen) atoms. The maximum absolute atomic E-state index is 13.1. The minimum Gasteiger partial charge on any atom is -0.345 e. The second-order valence-corrected chi connectivity index (χ2v) is 5.48. The first-order valence-corrected chi connectivity index (χ1v) is 6.07. The fourth-order valence-electron chi connectivity index (χ4n) is 1.53. The van der Waals surface area contributed by atoms with Gasteiger partial charge < -0.3 is 9.84 Å². The Morgan fingerprint density at radius 1 is 1.32 bits per heavy atom. The summed E-state index contributed by atoms with van der Waals surface area (Å²) in [6, 6.07) is 1.27. The topological polar surface area (TPSA) is 63.8 Å². The summed E-state index contributed by atoms with van der Waals surface area (Å²) in [5.74, 6) is 0.580. The summed E-state index contributed by atoms with van der Waals surface area (Å²) in [7, 11) is 0. The molecule has 0 radical (unpaired) electrons. The summed E-state index contributed by atoms with van der Waals surface area (Å²) in [5.41, 5.74) is 0.526. The van der Waals surface area contributed by atoms with E-state index in [9.17, 15) is 4.39 Å². The largest absolute Gasteiger partial charge is 0.345 e. The summed E-state index contributed by atoms with van der Waals surface area (Å²) in [5, 5.41) is 6.91. The average Bonchev–Trinajstić information content (AvgIpc) is 2.77. The third-order valence-electron chi connectivity index (χ3n) is 2.64. The highest BCUT2D eigenvalue weighted by atomic mass is 19.1. The van der Waals surface area contributed by atoms with Gasteiger partial charge in [0.05, 0.1) is 12.2 Å². The summed E-state index contributed by atoms with van der Waals surface area (Å²) in [6.07, 6.45) is 2.77. The highest BCUT2D eigenvalue weighted by Gasteiger charge is 2.22. The van der Waals surface area contributed by atoms with Crippen LogP contribution < -0.4 is 5.32 Å². The molecule has 1 unspecified atom stereocenters. The zero-order chi connectivity index (χ0) is 14.0. The van der Waals surface area contributed by atoms with E-state index in [1.165, 1.54) is 12.3 Å². The standard InChI is InChI=1S/C13H17FN4O/c1-8(9-5-10(14)7-15-6-9)16-12-17-11(19-18-12)13(2,3)4/h5-8H,1-4H3,(H,16,18). The summed E-state index contributed by atoms with van der Waals surface area (Å²) in [4.78, 5) is 8.08. The van der Waals surface area contributed by atoms with E-state index in [1.54, 1.807) is 6.20 Å². The number of hydrogen-bond donors (Lipinski definition) is 1. The van der Waals surface area contributed by atoms with E-state index in [-0.39, 0.29) is 17.3 Å². The van der Waals surface area contributed by atoms with E-state index in [1.807, 2.05) is 27.7 Å². The number of aromatic nitrogens is 3. The maximum Gasteiger partial charge on any atom is 0.263 e. The first-order valence-electron chi connectivity index (χ1n) is 6.07. The molecule has 5 nitrogen and oxygen atoms in total. The van der Waals surface area contributed by atoms with Crippen LogP contribution in [0.25, 0.3) is 0 Å². The van der Waals surface area contributed by atoms with Crippen molar-refractivity contribution in [2.45, 2.75) is 39.2 Å². The van der Waals surface area contributed by atoms with Gasteiger partial charge in [-0.15, -0.1) is 0 Å². The van der Waals surface area contributed by atoms with Gasteiger partial charge >= 0.3 is 0 Å². The monoisotopic (exact) mass is 264 g/mol. The number of hydrogen-bond acceptors (Lipinski definition) is 5. The van der Waals surface area contributed by atoms with Gasteiger partial charge in [-0.25, -0.2) is 4.39 Å². The van der Waals surface area contributed by atoms with Crippen molar-refractivity contribution in [3.05, 3.63) is 35.7 Å². The molecule has 0 fully saturated rings. The molecule has 6 heteroatoms. The van der Waals surface area contributed by atoms with Crippen LogP contribution in [0.5, 0.6) is 0 Å². The van der Waals surface area contributed by atoms with Crippen LogP contribution in [0.2, 0.25) is 0 Å². The molecule has 2 heterocycles. The van der Waals surface area contributed by atoms with Crippen molar-refractivity contribution in [1.29, 1.82) is 0 Å². The minimum absolute atomic E-state index is 0.159. The van der Waals surface area contributed by atoms with Gasteiger partial charge in [-0.2, -0.15) is 4.98 Å². The lowest BCUT2D eigenvalue weighted by atomic mass is 9.97. The predicted molar refractivity (Wildman–Crippen MR) is 69.2 cm³/mol. The van der Waals surface area contributed by atoms with Crippen molar-refractivity contribution in [3.63, 3.8) is 0 Å². The third kappa shape index (κ3) is 3.27. The Kier molecular flexibility index (Phi) is 3.50. The molecule has 0 amide bonds. The van der Waals surface area contributed by atoms with E-state index in [2.05, 4.69) is 20.4 Å². The molecular weight excluding hydrogens is 247 g/mol. The van der Waals surface area contributed by atoms with Crippen LogP contribution in [0.15, 0.2) is 23.0 Å². The van der Waals surface area contributed by atoms with Gasteiger partial charge in [0.25, 0.3) is 5.95 Å². The molecule has 102 valence electrons. The molecule has 1 atom stereocenters. The molecule has 0 aliphatic rings. The highest BCUT2D eigenvalue weighted by Crippen LogP contribution is 2.23. The van der Waals surface area contributed by atoms with Crippen LogP contribution in [-0.2, 0) is 5.41 Å². The van der Waals surface area contributed by atoms with Gasteiger partial charge in [0.2, 0.25) is 5.89 Å². The first kappa shape index (κ1) is 13.5. The summed E-state index contributed by atoms with van der Waals surface area (Å²) >= 11 is 0. The lowest BCUT2D eigenvalue weighted by molar-refractivity contribution is 0.321. The molecular formula is C13H17FN4O. The molecule has 2 rings (SSSR count). The van der Waals surface area contributed by atoms with Crippen molar-refractivity contribution in [2.24, 2.45) is 0 Å². The van der Waals surface area contributed by atoms with E-state index in [0.717, 1.165) is 5.56 Å². The summed E-state index contributed by atoms with van der Waals surface area (Å²) in [6.45, 7) is 7.85. The van der Waals surface area contributed by atoms with E-state index in [4.69, 9.17) is 4.52 Å². The van der Waals surface area contributed by atoms with Crippen molar-refractivity contribution < 1.29 is 8.91 Å². The lowest BCUT2D eigenvalue weighted by Gasteiger charge is -2.12.